The van der Waals surface area contributed by atoms with Gasteiger partial charge in [-0.05, 0) is 26.0 Å². The van der Waals surface area contributed by atoms with Gasteiger partial charge in [-0.1, -0.05) is 26.2 Å². The molecule has 0 aliphatic rings. The molecular formula is C18H38N4O2Si. The van der Waals surface area contributed by atoms with Crippen LogP contribution in [0.15, 0.2) is 36.0 Å². The fourth-order valence-corrected chi connectivity index (χ4v) is 2.49. The zero-order valence-electron chi connectivity index (χ0n) is 17.2. The summed E-state index contributed by atoms with van der Waals surface area (Å²) in [7, 11) is 2.45. The van der Waals surface area contributed by atoms with Gasteiger partial charge in [-0.3, -0.25) is 5.01 Å². The summed E-state index contributed by atoms with van der Waals surface area (Å²) in [5.41, 5.74) is 5.48. The van der Waals surface area contributed by atoms with E-state index in [2.05, 4.69) is 42.3 Å². The van der Waals surface area contributed by atoms with Crippen molar-refractivity contribution in [2.24, 2.45) is 0 Å². The van der Waals surface area contributed by atoms with E-state index in [-0.39, 0.29) is 0 Å². The molecule has 0 amide bonds. The third-order valence-electron chi connectivity index (χ3n) is 3.56. The van der Waals surface area contributed by atoms with Crippen LogP contribution in [-0.4, -0.2) is 53.7 Å². The maximum atomic E-state index is 5.87. The average Bonchev–Trinajstić information content (AvgIpc) is 2.54. The van der Waals surface area contributed by atoms with Crippen molar-refractivity contribution in [3.8, 4) is 0 Å². The van der Waals surface area contributed by atoms with Crippen LogP contribution in [0.4, 0.5) is 0 Å². The first-order chi connectivity index (χ1) is 11.7. The van der Waals surface area contributed by atoms with Gasteiger partial charge in [0, 0.05) is 52.4 Å². The molecule has 0 bridgehead atoms. The Hall–Kier alpha value is -1.44. The normalized spacial score (nSPS) is 12.8. The first-order valence-corrected chi connectivity index (χ1v) is 12.5. The Morgan fingerprint density at radius 1 is 1.20 bits per heavy atom. The summed E-state index contributed by atoms with van der Waals surface area (Å²) in [5, 5.41) is 8.33. The molecule has 0 atom stereocenters. The molecule has 0 saturated carbocycles. The predicted octanol–water partition coefficient (Wildman–Crippen LogP) is 2.84. The molecule has 0 aliphatic carbocycles. The number of nitrogens with zero attached hydrogens (tertiary/aromatic N) is 1. The highest BCUT2D eigenvalue weighted by Gasteiger charge is 2.13. The molecule has 0 fully saturated rings. The van der Waals surface area contributed by atoms with Crippen LogP contribution in [0, 0.1) is 0 Å². The zero-order chi connectivity index (χ0) is 19.3. The minimum atomic E-state index is -1.07. The van der Waals surface area contributed by atoms with E-state index in [9.17, 15) is 0 Å². The molecule has 0 heterocycles. The lowest BCUT2D eigenvalue weighted by atomic mass is 10.4. The van der Waals surface area contributed by atoms with Gasteiger partial charge < -0.3 is 20.1 Å². The second-order valence-electron chi connectivity index (χ2n) is 7.17. The van der Waals surface area contributed by atoms with Gasteiger partial charge in [0.25, 0.3) is 0 Å². The smallest absolute Gasteiger partial charge is 0.132 e. The number of nitrogens with one attached hydrogen (secondary N) is 3. The summed E-state index contributed by atoms with van der Waals surface area (Å²) in [6, 6.07) is 1.16. The van der Waals surface area contributed by atoms with Gasteiger partial charge in [0.05, 0.1) is 7.11 Å². The molecule has 0 aromatic carbocycles. The van der Waals surface area contributed by atoms with Crippen LogP contribution in [0.3, 0.4) is 0 Å². The summed E-state index contributed by atoms with van der Waals surface area (Å²) in [4.78, 5) is 0. The number of rotatable bonds is 14. The third kappa shape index (κ3) is 13.5. The highest BCUT2D eigenvalue weighted by atomic mass is 28.3. The fraction of sp³-hybridized carbons (Fsp3) is 0.667. The van der Waals surface area contributed by atoms with Crippen molar-refractivity contribution in [3.63, 3.8) is 0 Å². The van der Waals surface area contributed by atoms with Crippen LogP contribution in [0.5, 0.6) is 0 Å². The second kappa shape index (κ2) is 12.9. The molecule has 0 unspecified atom stereocenters. The summed E-state index contributed by atoms with van der Waals surface area (Å²) >= 11 is 0. The van der Waals surface area contributed by atoms with Crippen LogP contribution in [0.1, 0.15) is 13.8 Å². The van der Waals surface area contributed by atoms with Crippen molar-refractivity contribution in [2.75, 3.05) is 40.6 Å². The lowest BCUT2D eigenvalue weighted by molar-refractivity contribution is 0.0273. The van der Waals surface area contributed by atoms with Crippen molar-refractivity contribution < 1.29 is 9.47 Å². The van der Waals surface area contributed by atoms with E-state index in [0.29, 0.717) is 12.5 Å². The lowest BCUT2D eigenvalue weighted by Crippen LogP contribution is -2.41. The molecular weight excluding hydrogens is 332 g/mol. The molecule has 7 heteroatoms. The summed E-state index contributed by atoms with van der Waals surface area (Å²) in [6.45, 7) is 17.8. The Balaban J connectivity index is 4.47. The molecule has 0 rings (SSSR count). The van der Waals surface area contributed by atoms with Gasteiger partial charge in [-0.2, -0.15) is 0 Å². The van der Waals surface area contributed by atoms with Gasteiger partial charge in [0.2, 0.25) is 0 Å². The van der Waals surface area contributed by atoms with E-state index in [1.165, 1.54) is 0 Å². The van der Waals surface area contributed by atoms with E-state index in [4.69, 9.17) is 9.47 Å². The minimum absolute atomic E-state index is 0.495. The molecule has 25 heavy (non-hydrogen) atoms. The van der Waals surface area contributed by atoms with Crippen LogP contribution in [0.2, 0.25) is 25.7 Å². The number of allylic oxidation sites excluding steroid dienone is 3. The Labute approximate surface area is 155 Å². The van der Waals surface area contributed by atoms with Gasteiger partial charge in [-0.15, -0.1) is 0 Å². The SMILES string of the molecule is C=C(/C=C(\C)N(COCC[Si](C)(C)C)NCCN/C=C(\C)NC)OC. The van der Waals surface area contributed by atoms with E-state index in [1.807, 2.05) is 38.2 Å². The first-order valence-electron chi connectivity index (χ1n) is 8.77. The number of hydrogen-bond acceptors (Lipinski definition) is 6. The maximum absolute atomic E-state index is 5.87. The fourth-order valence-electron chi connectivity index (χ4n) is 1.74. The van der Waals surface area contributed by atoms with Gasteiger partial charge in [0.15, 0.2) is 0 Å². The number of methoxy groups -OCH3 is 1. The quantitative estimate of drug-likeness (QED) is 0.109. The first kappa shape index (κ1) is 23.6. The largest absolute Gasteiger partial charge is 0.497 e. The molecule has 0 radical (unpaired) electrons. The van der Waals surface area contributed by atoms with E-state index < -0.39 is 8.07 Å². The molecule has 146 valence electrons. The highest BCUT2D eigenvalue weighted by molar-refractivity contribution is 6.76. The Kier molecular flexibility index (Phi) is 12.1. The van der Waals surface area contributed by atoms with Gasteiger partial charge in [0.1, 0.15) is 12.5 Å². The third-order valence-corrected chi connectivity index (χ3v) is 5.26. The Morgan fingerprint density at radius 3 is 2.44 bits per heavy atom. The van der Waals surface area contributed by atoms with Crippen LogP contribution in [0.25, 0.3) is 0 Å². The van der Waals surface area contributed by atoms with Gasteiger partial charge >= 0.3 is 0 Å². The molecule has 0 aromatic rings. The maximum Gasteiger partial charge on any atom is 0.132 e. The summed E-state index contributed by atoms with van der Waals surface area (Å²) < 4.78 is 11.0. The Bertz CT molecular complexity index is 445. The van der Waals surface area contributed by atoms with Crippen molar-refractivity contribution >= 4 is 8.07 Å². The second-order valence-corrected chi connectivity index (χ2v) is 12.8. The van der Waals surface area contributed by atoms with Crippen LogP contribution < -0.4 is 16.1 Å². The van der Waals surface area contributed by atoms with Crippen molar-refractivity contribution in [2.45, 2.75) is 39.5 Å². The monoisotopic (exact) mass is 370 g/mol. The molecule has 6 nitrogen and oxygen atoms in total. The summed E-state index contributed by atoms with van der Waals surface area (Å²) in [6.07, 6.45) is 3.86. The van der Waals surface area contributed by atoms with Crippen molar-refractivity contribution in [1.82, 2.24) is 21.1 Å². The molecule has 0 saturated heterocycles. The lowest BCUT2D eigenvalue weighted by Gasteiger charge is -2.27. The van der Waals surface area contributed by atoms with Crippen molar-refractivity contribution in [3.05, 3.63) is 36.0 Å². The highest BCUT2D eigenvalue weighted by Crippen LogP contribution is 2.09. The Morgan fingerprint density at radius 2 is 1.88 bits per heavy atom. The summed E-state index contributed by atoms with van der Waals surface area (Å²) in [5.74, 6) is 0.622. The van der Waals surface area contributed by atoms with E-state index in [1.54, 1.807) is 7.11 Å². The molecule has 0 spiro atoms. The average molecular weight is 371 g/mol. The standard InChI is InChI=1S/C18H38N4O2Si/c1-16(19-4)14-20-9-10-21-22(17(2)13-18(3)23-5)15-24-11-12-25(6,7)8/h13-14,19-21H,3,9-12,15H2,1-2,4-8H3/b16-14+,17-13+. The molecule has 3 N–H and O–H groups in total. The van der Waals surface area contributed by atoms with Gasteiger partial charge in [-0.25, -0.2) is 5.43 Å². The van der Waals surface area contributed by atoms with Crippen LogP contribution >= 0.6 is 0 Å². The van der Waals surface area contributed by atoms with Crippen molar-refractivity contribution in [1.29, 1.82) is 0 Å². The molecule has 0 aromatic heterocycles. The number of hydrazine groups is 1. The minimum Gasteiger partial charge on any atom is -0.497 e. The zero-order valence-corrected chi connectivity index (χ0v) is 18.2. The van der Waals surface area contributed by atoms with E-state index in [0.717, 1.165) is 37.1 Å². The predicted molar refractivity (Wildman–Crippen MR) is 110 cm³/mol. The molecule has 0 aliphatic heterocycles. The van der Waals surface area contributed by atoms with Crippen LogP contribution in [-0.2, 0) is 9.47 Å². The topological polar surface area (TPSA) is 57.8 Å². The number of ether oxygens (including phenoxy) is 2. The van der Waals surface area contributed by atoms with E-state index >= 15 is 0 Å². The number of hydrogen-bond donors (Lipinski definition) is 3.